The van der Waals surface area contributed by atoms with E-state index in [0.717, 1.165) is 33.2 Å². The highest BCUT2D eigenvalue weighted by atomic mass is 32.1. The monoisotopic (exact) mass is 729 g/mol. The molecular weight excluding hydrogens is 699 g/mol. The van der Waals surface area contributed by atoms with Crippen LogP contribution in [-0.4, -0.2) is 14.5 Å². The van der Waals surface area contributed by atoms with E-state index in [2.05, 4.69) is 193 Å². The molecule has 9 aromatic carbocycles. The van der Waals surface area contributed by atoms with Gasteiger partial charge in [-0.1, -0.05) is 152 Å². The minimum atomic E-state index is 0.657. The second-order valence-corrected chi connectivity index (χ2v) is 15.6. The molecule has 0 unspecified atom stereocenters. The van der Waals surface area contributed by atoms with Gasteiger partial charge in [0.1, 0.15) is 0 Å². The third-order valence-electron chi connectivity index (χ3n) is 11.4. The number of hydrogen-bond acceptors (Lipinski definition) is 3. The Labute approximate surface area is 326 Å². The highest BCUT2D eigenvalue weighted by molar-refractivity contribution is 7.26. The Morgan fingerprint density at radius 3 is 1.89 bits per heavy atom. The fourth-order valence-electron chi connectivity index (χ4n) is 8.80. The molecule has 56 heavy (non-hydrogen) atoms. The van der Waals surface area contributed by atoms with Crippen LogP contribution in [0, 0.1) is 0 Å². The van der Waals surface area contributed by atoms with Crippen molar-refractivity contribution in [2.45, 2.75) is 0 Å². The predicted molar refractivity (Wildman–Crippen MR) is 238 cm³/mol. The second-order valence-electron chi connectivity index (χ2n) is 14.5. The zero-order valence-electron chi connectivity index (χ0n) is 30.1. The number of fused-ring (bicyclic) bond motifs is 10. The highest BCUT2D eigenvalue weighted by Gasteiger charge is 2.22. The van der Waals surface area contributed by atoms with Crippen LogP contribution in [0.25, 0.3) is 114 Å². The fraction of sp³-hybridized carbons (Fsp3) is 0. The summed E-state index contributed by atoms with van der Waals surface area (Å²) in [6.07, 6.45) is 0. The summed E-state index contributed by atoms with van der Waals surface area (Å²) in [6, 6.07) is 67.8. The quantitative estimate of drug-likeness (QED) is 0.181. The van der Waals surface area contributed by atoms with E-state index in [4.69, 9.17) is 9.97 Å². The van der Waals surface area contributed by atoms with Gasteiger partial charge in [0.05, 0.1) is 22.2 Å². The Balaban J connectivity index is 1.19. The second kappa shape index (κ2) is 12.2. The molecule has 0 N–H and O–H groups in total. The van der Waals surface area contributed by atoms with Crippen molar-refractivity contribution in [1.82, 2.24) is 14.5 Å². The molecule has 0 saturated heterocycles. The maximum atomic E-state index is 5.61. The first-order valence-electron chi connectivity index (χ1n) is 19.0. The highest BCUT2D eigenvalue weighted by Crippen LogP contribution is 2.45. The van der Waals surface area contributed by atoms with Gasteiger partial charge in [-0.15, -0.1) is 11.3 Å². The van der Waals surface area contributed by atoms with E-state index in [1.807, 2.05) is 11.3 Å². The molecular formula is C52H31N3S. The number of para-hydroxylation sites is 1. The predicted octanol–water partition coefficient (Wildman–Crippen LogP) is 14.4. The average molecular weight is 730 g/mol. The molecule has 0 aliphatic carbocycles. The zero-order valence-corrected chi connectivity index (χ0v) is 31.0. The third kappa shape index (κ3) is 4.70. The van der Waals surface area contributed by atoms with Crippen molar-refractivity contribution in [2.75, 3.05) is 0 Å². The molecule has 0 spiro atoms. The van der Waals surface area contributed by atoms with Crippen molar-refractivity contribution in [1.29, 1.82) is 0 Å². The lowest BCUT2D eigenvalue weighted by Gasteiger charge is -2.14. The molecule has 0 amide bonds. The normalized spacial score (nSPS) is 11.9. The van der Waals surface area contributed by atoms with Gasteiger partial charge in [0.25, 0.3) is 0 Å². The molecule has 260 valence electrons. The van der Waals surface area contributed by atoms with E-state index >= 15 is 0 Å². The summed E-state index contributed by atoms with van der Waals surface area (Å²) in [6.45, 7) is 0. The molecule has 0 aliphatic rings. The maximum Gasteiger partial charge on any atom is 0.235 e. The molecule has 0 radical (unpaired) electrons. The Kier molecular flexibility index (Phi) is 6.80. The Morgan fingerprint density at radius 2 is 1.07 bits per heavy atom. The van der Waals surface area contributed by atoms with Crippen LogP contribution in [0.4, 0.5) is 0 Å². The van der Waals surface area contributed by atoms with Crippen LogP contribution in [0.1, 0.15) is 0 Å². The summed E-state index contributed by atoms with van der Waals surface area (Å²) >= 11 is 1.85. The molecule has 12 aromatic rings. The van der Waals surface area contributed by atoms with E-state index in [9.17, 15) is 0 Å². The number of aromatic nitrogens is 3. The molecule has 12 rings (SSSR count). The van der Waals surface area contributed by atoms with E-state index in [1.165, 1.54) is 74.7 Å². The SMILES string of the molecule is c1ccc(-c2ccc3c(c2)c2c4ccccc4c(-c4ccccc4)cc2n3-c2nc(-c3cccc4c3sc3cc5ccccc5cc34)c3ccccc3n2)cc1. The number of nitrogens with zero attached hydrogens (tertiary/aromatic N) is 3. The first-order valence-corrected chi connectivity index (χ1v) is 19.8. The summed E-state index contributed by atoms with van der Waals surface area (Å²) in [5, 5.41) is 10.9. The summed E-state index contributed by atoms with van der Waals surface area (Å²) in [5.41, 5.74) is 9.85. The molecule has 0 saturated carbocycles. The standard InChI is InChI=1S/C52H31N3S/c1-3-14-32(15-4-1)36-26-27-46-44(29-36)49-38-21-10-9-20-37(38)42(33-16-5-2-6-17-33)31-47(49)55(46)52-53-45-25-12-11-22-40(45)50(54-52)41-24-13-23-39-43-28-34-18-7-8-19-35(34)30-48(43)56-51(39)41/h1-31H. The summed E-state index contributed by atoms with van der Waals surface area (Å²) in [4.78, 5) is 11.0. The molecule has 3 heterocycles. The van der Waals surface area contributed by atoms with Crippen LogP contribution in [-0.2, 0) is 0 Å². The van der Waals surface area contributed by atoms with Gasteiger partial charge < -0.3 is 0 Å². The molecule has 0 fully saturated rings. The largest absolute Gasteiger partial charge is 0.278 e. The number of rotatable bonds is 4. The lowest BCUT2D eigenvalue weighted by Crippen LogP contribution is -2.03. The van der Waals surface area contributed by atoms with Gasteiger partial charge in [-0.05, 0) is 80.2 Å². The number of benzene rings is 9. The van der Waals surface area contributed by atoms with E-state index in [-0.39, 0.29) is 0 Å². The smallest absolute Gasteiger partial charge is 0.235 e. The summed E-state index contributed by atoms with van der Waals surface area (Å²) in [7, 11) is 0. The van der Waals surface area contributed by atoms with Crippen molar-refractivity contribution >= 4 is 85.8 Å². The van der Waals surface area contributed by atoms with Crippen LogP contribution in [0.15, 0.2) is 188 Å². The lowest BCUT2D eigenvalue weighted by atomic mass is 9.94. The van der Waals surface area contributed by atoms with Gasteiger partial charge in [-0.25, -0.2) is 9.97 Å². The molecule has 0 aliphatic heterocycles. The van der Waals surface area contributed by atoms with Gasteiger partial charge in [-0.2, -0.15) is 0 Å². The van der Waals surface area contributed by atoms with Gasteiger partial charge in [-0.3, -0.25) is 4.57 Å². The van der Waals surface area contributed by atoms with Crippen molar-refractivity contribution < 1.29 is 0 Å². The molecule has 0 atom stereocenters. The van der Waals surface area contributed by atoms with E-state index in [0.29, 0.717) is 5.95 Å². The minimum Gasteiger partial charge on any atom is -0.278 e. The van der Waals surface area contributed by atoms with E-state index < -0.39 is 0 Å². The van der Waals surface area contributed by atoms with Crippen LogP contribution >= 0.6 is 11.3 Å². The van der Waals surface area contributed by atoms with Crippen LogP contribution in [0.2, 0.25) is 0 Å². The van der Waals surface area contributed by atoms with Crippen molar-refractivity contribution in [2.24, 2.45) is 0 Å². The molecule has 4 heteroatoms. The summed E-state index contributed by atoms with van der Waals surface area (Å²) < 4.78 is 4.81. The van der Waals surface area contributed by atoms with Gasteiger partial charge in [0.2, 0.25) is 5.95 Å². The zero-order chi connectivity index (χ0) is 36.7. The number of hydrogen-bond donors (Lipinski definition) is 0. The van der Waals surface area contributed by atoms with Gasteiger partial charge in [0, 0.05) is 41.9 Å². The van der Waals surface area contributed by atoms with Crippen molar-refractivity contribution in [3.05, 3.63) is 188 Å². The Bertz CT molecular complexity index is 3530. The molecule has 0 bridgehead atoms. The Hall–Kier alpha value is -7.14. The molecule has 3 nitrogen and oxygen atoms in total. The van der Waals surface area contributed by atoms with E-state index in [1.54, 1.807) is 0 Å². The fourth-order valence-corrected chi connectivity index (χ4v) is 10.0. The average Bonchev–Trinajstić information content (AvgIpc) is 3.80. The Morgan fingerprint density at radius 1 is 0.393 bits per heavy atom. The van der Waals surface area contributed by atoms with Crippen molar-refractivity contribution in [3.8, 4) is 39.5 Å². The van der Waals surface area contributed by atoms with Gasteiger partial charge in [0.15, 0.2) is 0 Å². The summed E-state index contributed by atoms with van der Waals surface area (Å²) in [5.74, 6) is 0.657. The first kappa shape index (κ1) is 31.2. The molecule has 3 aromatic heterocycles. The number of thiophene rings is 1. The third-order valence-corrected chi connectivity index (χ3v) is 12.6. The van der Waals surface area contributed by atoms with Gasteiger partial charge >= 0.3 is 0 Å². The van der Waals surface area contributed by atoms with Crippen LogP contribution < -0.4 is 0 Å². The van der Waals surface area contributed by atoms with Crippen LogP contribution in [0.5, 0.6) is 0 Å². The first-order chi connectivity index (χ1) is 27.8. The van der Waals surface area contributed by atoms with Crippen molar-refractivity contribution in [3.63, 3.8) is 0 Å². The topological polar surface area (TPSA) is 30.7 Å². The maximum absolute atomic E-state index is 5.61. The van der Waals surface area contributed by atoms with Crippen LogP contribution in [0.3, 0.4) is 0 Å². The minimum absolute atomic E-state index is 0.657. The lowest BCUT2D eigenvalue weighted by molar-refractivity contribution is 1.01.